The predicted molar refractivity (Wildman–Crippen MR) is 91.0 cm³/mol. The number of benzene rings is 1. The van der Waals surface area contributed by atoms with Crippen LogP contribution in [-0.4, -0.2) is 45.4 Å². The van der Waals surface area contributed by atoms with Gasteiger partial charge in [0.1, 0.15) is 12.4 Å². The molecule has 0 saturated heterocycles. The lowest BCUT2D eigenvalue weighted by molar-refractivity contribution is -0.121. The van der Waals surface area contributed by atoms with Crippen molar-refractivity contribution in [3.8, 4) is 5.75 Å². The molecule has 0 radical (unpaired) electrons. The van der Waals surface area contributed by atoms with Gasteiger partial charge in [0, 0.05) is 13.7 Å². The second kappa shape index (κ2) is 11.3. The van der Waals surface area contributed by atoms with Crippen molar-refractivity contribution >= 4 is 18.3 Å². The van der Waals surface area contributed by atoms with Gasteiger partial charge in [0.2, 0.25) is 5.91 Å². The van der Waals surface area contributed by atoms with Crippen molar-refractivity contribution in [1.82, 2.24) is 10.6 Å². The van der Waals surface area contributed by atoms with Gasteiger partial charge in [-0.1, -0.05) is 18.2 Å². The van der Waals surface area contributed by atoms with Crippen LogP contribution in [0, 0.1) is 13.8 Å². The summed E-state index contributed by atoms with van der Waals surface area (Å²) in [4.78, 5) is 11.7. The summed E-state index contributed by atoms with van der Waals surface area (Å²) < 4.78 is 10.7. The normalized spacial score (nSPS) is 11.5. The van der Waals surface area contributed by atoms with Crippen LogP contribution in [0.25, 0.3) is 0 Å². The molecule has 0 heterocycles. The first-order valence-corrected chi connectivity index (χ1v) is 7.22. The average molecular weight is 331 g/mol. The zero-order chi connectivity index (χ0) is 15.7. The molecule has 1 atom stereocenters. The summed E-state index contributed by atoms with van der Waals surface area (Å²) in [7, 11) is 1.63. The van der Waals surface area contributed by atoms with E-state index in [-0.39, 0.29) is 30.9 Å². The molecule has 0 saturated carbocycles. The molecule has 5 nitrogen and oxygen atoms in total. The van der Waals surface area contributed by atoms with E-state index in [1.807, 2.05) is 39.0 Å². The van der Waals surface area contributed by atoms with Gasteiger partial charge in [-0.2, -0.15) is 0 Å². The third-order valence-corrected chi connectivity index (χ3v) is 3.06. The van der Waals surface area contributed by atoms with Gasteiger partial charge in [-0.25, -0.2) is 0 Å². The monoisotopic (exact) mass is 330 g/mol. The molecular formula is C16H27ClN2O3. The van der Waals surface area contributed by atoms with Gasteiger partial charge < -0.3 is 20.1 Å². The van der Waals surface area contributed by atoms with Gasteiger partial charge in [-0.3, -0.25) is 4.79 Å². The number of hydrogen-bond donors (Lipinski definition) is 2. The molecule has 126 valence electrons. The molecule has 2 N–H and O–H groups in total. The number of para-hydroxylation sites is 1. The highest BCUT2D eigenvalue weighted by molar-refractivity contribution is 5.85. The molecule has 1 aromatic carbocycles. The molecule has 22 heavy (non-hydrogen) atoms. The number of amides is 1. The van der Waals surface area contributed by atoms with Gasteiger partial charge in [-0.15, -0.1) is 12.4 Å². The molecule has 0 aliphatic rings. The van der Waals surface area contributed by atoms with Crippen molar-refractivity contribution in [3.05, 3.63) is 29.3 Å². The smallest absolute Gasteiger partial charge is 0.234 e. The van der Waals surface area contributed by atoms with Crippen LogP contribution in [0.1, 0.15) is 18.1 Å². The number of carbonyl (C=O) groups is 1. The lowest BCUT2D eigenvalue weighted by Crippen LogP contribution is -2.42. The van der Waals surface area contributed by atoms with Crippen molar-refractivity contribution < 1.29 is 14.3 Å². The van der Waals surface area contributed by atoms with E-state index in [0.29, 0.717) is 19.8 Å². The van der Waals surface area contributed by atoms with Crippen LogP contribution in [0.5, 0.6) is 5.75 Å². The highest BCUT2D eigenvalue weighted by atomic mass is 35.5. The Bertz CT molecular complexity index is 435. The molecule has 0 fully saturated rings. The predicted octanol–water partition coefficient (Wildman–Crippen LogP) is 1.84. The Hall–Kier alpha value is -1.30. The first-order valence-electron chi connectivity index (χ1n) is 7.22. The van der Waals surface area contributed by atoms with Crippen LogP contribution < -0.4 is 15.4 Å². The van der Waals surface area contributed by atoms with Crippen LogP contribution in [0.4, 0.5) is 0 Å². The first-order chi connectivity index (χ1) is 10.0. The summed E-state index contributed by atoms with van der Waals surface area (Å²) in [5, 5.41) is 5.90. The number of aryl methyl sites for hydroxylation is 2. The van der Waals surface area contributed by atoms with Crippen LogP contribution in [0.15, 0.2) is 18.2 Å². The first kappa shape index (κ1) is 20.7. The van der Waals surface area contributed by atoms with Gasteiger partial charge in [0.05, 0.1) is 19.2 Å². The van der Waals surface area contributed by atoms with E-state index in [2.05, 4.69) is 10.6 Å². The quantitative estimate of drug-likeness (QED) is 0.678. The van der Waals surface area contributed by atoms with Crippen LogP contribution in [0.3, 0.4) is 0 Å². The van der Waals surface area contributed by atoms with Gasteiger partial charge >= 0.3 is 0 Å². The Balaban J connectivity index is 0.00000441. The third kappa shape index (κ3) is 7.64. The standard InChI is InChI=1S/C16H26N2O3.ClH/c1-12-6-5-7-13(2)16(12)21-11-14(3)18-15(19)10-17-8-9-20-4;/h5-7,14,17H,8-11H2,1-4H3,(H,18,19);1H. The van der Waals surface area contributed by atoms with Gasteiger partial charge in [-0.05, 0) is 31.9 Å². The lowest BCUT2D eigenvalue weighted by atomic mass is 10.1. The molecule has 1 unspecified atom stereocenters. The van der Waals surface area contributed by atoms with E-state index in [1.165, 1.54) is 0 Å². The lowest BCUT2D eigenvalue weighted by Gasteiger charge is -2.17. The largest absolute Gasteiger partial charge is 0.491 e. The molecule has 0 aliphatic carbocycles. The molecule has 1 rings (SSSR count). The fraction of sp³-hybridized carbons (Fsp3) is 0.562. The zero-order valence-electron chi connectivity index (χ0n) is 13.8. The van der Waals surface area contributed by atoms with Crippen molar-refractivity contribution in [1.29, 1.82) is 0 Å². The summed E-state index contributed by atoms with van der Waals surface area (Å²) in [6, 6.07) is 6.01. The van der Waals surface area contributed by atoms with Crippen LogP contribution in [0.2, 0.25) is 0 Å². The third-order valence-electron chi connectivity index (χ3n) is 3.06. The molecule has 0 bridgehead atoms. The maximum atomic E-state index is 11.7. The highest BCUT2D eigenvalue weighted by Crippen LogP contribution is 2.22. The topological polar surface area (TPSA) is 59.6 Å². The number of hydrogen-bond acceptors (Lipinski definition) is 4. The van der Waals surface area contributed by atoms with E-state index in [0.717, 1.165) is 16.9 Å². The fourth-order valence-corrected chi connectivity index (χ4v) is 1.98. The Kier molecular flexibility index (Phi) is 10.6. The van der Waals surface area contributed by atoms with E-state index < -0.39 is 0 Å². The number of rotatable bonds is 9. The number of ether oxygens (including phenoxy) is 2. The minimum absolute atomic E-state index is 0. The fourth-order valence-electron chi connectivity index (χ4n) is 1.98. The number of nitrogens with one attached hydrogen (secondary N) is 2. The molecule has 0 aromatic heterocycles. The maximum absolute atomic E-state index is 11.7. The summed E-state index contributed by atoms with van der Waals surface area (Å²) in [5.74, 6) is 0.862. The minimum atomic E-state index is -0.0410. The van der Waals surface area contributed by atoms with E-state index in [1.54, 1.807) is 7.11 Å². The maximum Gasteiger partial charge on any atom is 0.234 e. The van der Waals surface area contributed by atoms with Gasteiger partial charge in [0.25, 0.3) is 0 Å². The van der Waals surface area contributed by atoms with Crippen molar-refractivity contribution in [3.63, 3.8) is 0 Å². The van der Waals surface area contributed by atoms with Crippen LogP contribution >= 0.6 is 12.4 Å². The Morgan fingerprint density at radius 3 is 2.50 bits per heavy atom. The molecule has 0 aliphatic heterocycles. The minimum Gasteiger partial charge on any atom is -0.491 e. The molecule has 0 spiro atoms. The summed E-state index contributed by atoms with van der Waals surface area (Å²) in [6.07, 6.45) is 0. The summed E-state index contributed by atoms with van der Waals surface area (Å²) >= 11 is 0. The number of methoxy groups -OCH3 is 1. The number of halogens is 1. The Morgan fingerprint density at radius 2 is 1.91 bits per heavy atom. The number of carbonyl (C=O) groups excluding carboxylic acids is 1. The summed E-state index contributed by atoms with van der Waals surface area (Å²) in [6.45, 7) is 7.97. The summed E-state index contributed by atoms with van der Waals surface area (Å²) in [5.41, 5.74) is 2.21. The SMILES string of the molecule is COCCNCC(=O)NC(C)COc1c(C)cccc1C.Cl. The van der Waals surface area contributed by atoms with E-state index >= 15 is 0 Å². The van der Waals surface area contributed by atoms with Crippen molar-refractivity contribution in [2.75, 3.05) is 33.4 Å². The molecule has 1 aromatic rings. The average Bonchev–Trinajstić information content (AvgIpc) is 2.43. The highest BCUT2D eigenvalue weighted by Gasteiger charge is 2.09. The zero-order valence-corrected chi connectivity index (χ0v) is 14.6. The molecule has 6 heteroatoms. The van der Waals surface area contributed by atoms with Gasteiger partial charge in [0.15, 0.2) is 0 Å². The Labute approximate surface area is 139 Å². The van der Waals surface area contributed by atoms with Crippen molar-refractivity contribution in [2.24, 2.45) is 0 Å². The van der Waals surface area contributed by atoms with Crippen molar-refractivity contribution in [2.45, 2.75) is 26.8 Å². The second-order valence-corrected chi connectivity index (χ2v) is 5.17. The Morgan fingerprint density at radius 1 is 1.27 bits per heavy atom. The second-order valence-electron chi connectivity index (χ2n) is 5.17. The van der Waals surface area contributed by atoms with E-state index in [9.17, 15) is 4.79 Å². The van der Waals surface area contributed by atoms with Crippen LogP contribution in [-0.2, 0) is 9.53 Å². The van der Waals surface area contributed by atoms with E-state index in [4.69, 9.17) is 9.47 Å². The molecular weight excluding hydrogens is 304 g/mol. The molecule has 1 amide bonds.